The van der Waals surface area contributed by atoms with Crippen molar-refractivity contribution in [2.45, 2.75) is 38.0 Å². The number of urea groups is 1. The second kappa shape index (κ2) is 19.0. The third-order valence-electron chi connectivity index (χ3n) is 6.67. The minimum Gasteiger partial charge on any atom is -0.485 e. The van der Waals surface area contributed by atoms with E-state index >= 15 is 0 Å². The second-order valence-electron chi connectivity index (χ2n) is 11.7. The number of halogens is 11. The highest BCUT2D eigenvalue weighted by Gasteiger charge is 2.32. The summed E-state index contributed by atoms with van der Waals surface area (Å²) in [5, 5.41) is 7.06. The maximum Gasteiger partial charge on any atom is 0.417 e. The maximum absolute atomic E-state index is 13.7. The van der Waals surface area contributed by atoms with Crippen molar-refractivity contribution in [3.63, 3.8) is 0 Å². The number of imide groups is 1. The molecule has 56 heavy (non-hydrogen) atoms. The number of benzene rings is 2. The van der Waals surface area contributed by atoms with E-state index in [1.165, 1.54) is 10.9 Å². The first-order valence-electron chi connectivity index (χ1n) is 15.3. The lowest BCUT2D eigenvalue weighted by Crippen LogP contribution is -2.35. The fourth-order valence-corrected chi connectivity index (χ4v) is 5.60. The topological polar surface area (TPSA) is 137 Å². The first-order valence-corrected chi connectivity index (χ1v) is 18.2. The van der Waals surface area contributed by atoms with Crippen LogP contribution in [0.15, 0.2) is 71.9 Å². The van der Waals surface area contributed by atoms with E-state index < -0.39 is 62.2 Å². The van der Waals surface area contributed by atoms with Crippen LogP contribution in [-0.2, 0) is 19.3 Å². The van der Waals surface area contributed by atoms with Crippen LogP contribution in [0.1, 0.15) is 35.3 Å². The molecule has 3 heterocycles. The lowest BCUT2D eigenvalue weighted by atomic mass is 10.2. The van der Waals surface area contributed by atoms with E-state index in [-0.39, 0.29) is 45.4 Å². The molecule has 0 bridgehead atoms. The fourth-order valence-electron chi connectivity index (χ4n) is 4.20. The molecule has 2 aromatic carbocycles. The number of hydrogen-bond donors (Lipinski definition) is 2. The van der Waals surface area contributed by atoms with E-state index in [9.17, 15) is 36.3 Å². The summed E-state index contributed by atoms with van der Waals surface area (Å²) >= 11 is 32.2. The Bertz CT molecular complexity index is 2270. The zero-order valence-electron chi connectivity index (χ0n) is 28.3. The first-order chi connectivity index (χ1) is 26.1. The highest BCUT2D eigenvalue weighted by Crippen LogP contribution is 2.41. The largest absolute Gasteiger partial charge is 0.485 e. The minimum absolute atomic E-state index is 0.00520. The van der Waals surface area contributed by atoms with E-state index in [4.69, 9.17) is 67.5 Å². The number of hydrogen-bond acceptors (Lipinski definition) is 8. The zero-order chi connectivity index (χ0) is 41.5. The van der Waals surface area contributed by atoms with Crippen LogP contribution in [0.25, 0.3) is 0 Å². The number of aromatic nitrogens is 4. The van der Waals surface area contributed by atoms with E-state index in [0.29, 0.717) is 12.3 Å². The molecule has 0 radical (unpaired) electrons. The molecule has 5 rings (SSSR count). The molecule has 22 heteroatoms. The molecule has 2 N–H and O–H groups in total. The molecule has 11 nitrogen and oxygen atoms in total. The van der Waals surface area contributed by atoms with Crippen LogP contribution in [-0.4, -0.2) is 36.6 Å². The number of carbonyl (C=O) groups is 2. The molecule has 0 aliphatic heterocycles. The third-order valence-corrected chi connectivity index (χ3v) is 8.61. The summed E-state index contributed by atoms with van der Waals surface area (Å²) in [6.45, 7) is 4.11. The number of alkyl halides is 4. The lowest BCUT2D eigenvalue weighted by Gasteiger charge is -2.17. The molecular formula is C34H23Cl5F5IN6O5. The van der Waals surface area contributed by atoms with Gasteiger partial charge in [-0.3, -0.25) is 14.9 Å². The average molecular weight is 995 g/mol. The number of anilines is 1. The lowest BCUT2D eigenvalue weighted by molar-refractivity contribution is -0.137. The molecular weight excluding hydrogens is 972 g/mol. The first kappa shape index (κ1) is 44.7. The number of ether oxygens (including phenoxy) is 2. The molecule has 0 unspecified atom stereocenters. The summed E-state index contributed by atoms with van der Waals surface area (Å²) in [7, 11) is 0. The third kappa shape index (κ3) is 12.5. The highest BCUT2D eigenvalue weighted by atomic mass is 127. The summed E-state index contributed by atoms with van der Waals surface area (Å²) in [5.41, 5.74) is -1.67. The molecule has 0 aliphatic rings. The number of carbonyl (C=O) groups excluding carboxylic acids is 2. The Morgan fingerprint density at radius 2 is 1.55 bits per heavy atom. The van der Waals surface area contributed by atoms with Gasteiger partial charge in [-0.1, -0.05) is 58.5 Å². The van der Waals surface area contributed by atoms with Crippen molar-refractivity contribution in [1.82, 2.24) is 25.1 Å². The summed E-state index contributed by atoms with van der Waals surface area (Å²) in [6, 6.07) is 8.17. The van der Waals surface area contributed by atoms with E-state index in [1.807, 2.05) is 12.1 Å². The van der Waals surface area contributed by atoms with Crippen molar-refractivity contribution in [1.29, 1.82) is 0 Å². The molecule has 3 amide bonds. The second-order valence-corrected chi connectivity index (χ2v) is 15.4. The minimum atomic E-state index is -4.67. The van der Waals surface area contributed by atoms with E-state index in [0.717, 1.165) is 39.6 Å². The quantitative estimate of drug-likeness (QED) is 0.0645. The molecule has 0 saturated carbocycles. The van der Waals surface area contributed by atoms with Crippen molar-refractivity contribution in [2.75, 3.05) is 5.32 Å². The molecule has 0 atom stereocenters. The van der Waals surface area contributed by atoms with Gasteiger partial charge in [0.1, 0.15) is 32.5 Å². The molecule has 0 fully saturated rings. The van der Waals surface area contributed by atoms with Crippen molar-refractivity contribution >= 4 is 98.2 Å². The summed E-state index contributed by atoms with van der Waals surface area (Å²) < 4.78 is 78.5. The summed E-state index contributed by atoms with van der Waals surface area (Å²) in [6.07, 6.45) is -1.04. The number of pyridine rings is 2. The van der Waals surface area contributed by atoms with Gasteiger partial charge in [0, 0.05) is 23.6 Å². The Labute approximate surface area is 352 Å². The molecule has 0 aliphatic carbocycles. The van der Waals surface area contributed by atoms with Gasteiger partial charge in [0.25, 0.3) is 11.5 Å². The van der Waals surface area contributed by atoms with Crippen LogP contribution >= 0.6 is 80.6 Å². The molecule has 0 saturated heterocycles. The molecule has 0 spiro atoms. The van der Waals surface area contributed by atoms with Gasteiger partial charge in [-0.25, -0.2) is 28.2 Å². The van der Waals surface area contributed by atoms with Crippen LogP contribution in [0.4, 0.5) is 32.4 Å². The van der Waals surface area contributed by atoms with Crippen molar-refractivity contribution < 1.29 is 41.0 Å². The molecule has 5 aromatic rings. The molecule has 3 aromatic heterocycles. The number of amides is 3. The molecule has 296 valence electrons. The summed E-state index contributed by atoms with van der Waals surface area (Å²) in [5.74, 6) is -4.11. The van der Waals surface area contributed by atoms with Gasteiger partial charge in [-0.05, 0) is 72.8 Å². The average Bonchev–Trinajstić information content (AvgIpc) is 3.08. The van der Waals surface area contributed by atoms with E-state index in [2.05, 4.69) is 43.0 Å². The van der Waals surface area contributed by atoms with Gasteiger partial charge in [0.2, 0.25) is 5.88 Å². The van der Waals surface area contributed by atoms with Crippen LogP contribution in [0.5, 0.6) is 17.4 Å². The Morgan fingerprint density at radius 3 is 2.11 bits per heavy atom. The standard InChI is InChI=1S/C20H9Cl3F5N3O3.C14H14Cl2IN3O2/c21-10-5-9(30-19(33)31-17(32)15-13(24)2-1-3-14(15)25)6-11(22)16(10)34-18-12(23)4-8(7-29-18)20(26,27)28;1-14(2,16)8-20-13(21)12(15)10(6-19-20)22-7-9-3-4-11(17)18-5-9/h1-7H,(H2,30,31,32,33);3-6H,7-8H2,1-2H3. The Balaban J connectivity index is 0.000000273. The van der Waals surface area contributed by atoms with Crippen molar-refractivity contribution in [3.05, 3.63) is 130 Å². The normalized spacial score (nSPS) is 11.3. The summed E-state index contributed by atoms with van der Waals surface area (Å²) in [4.78, 5) is 43.2. The van der Waals surface area contributed by atoms with Gasteiger partial charge in [-0.15, -0.1) is 11.6 Å². The van der Waals surface area contributed by atoms with Gasteiger partial charge in [0.05, 0.1) is 33.2 Å². The van der Waals surface area contributed by atoms with Crippen LogP contribution in [0.3, 0.4) is 0 Å². The maximum atomic E-state index is 13.7. The number of nitrogens with zero attached hydrogens (tertiary/aromatic N) is 4. The highest BCUT2D eigenvalue weighted by molar-refractivity contribution is 14.1. The van der Waals surface area contributed by atoms with Gasteiger partial charge in [-0.2, -0.15) is 18.3 Å². The van der Waals surface area contributed by atoms with Crippen LogP contribution < -0.4 is 25.7 Å². The predicted molar refractivity (Wildman–Crippen MR) is 208 cm³/mol. The van der Waals surface area contributed by atoms with Crippen molar-refractivity contribution in [2.24, 2.45) is 0 Å². The Morgan fingerprint density at radius 1 is 0.911 bits per heavy atom. The van der Waals surface area contributed by atoms with Gasteiger partial charge in [0.15, 0.2) is 16.5 Å². The SMILES string of the molecule is CC(C)(Cl)Cn1ncc(OCc2ccc(I)nc2)c(Cl)c1=O.O=C(NC(=O)c1c(F)cccc1F)Nc1cc(Cl)c(Oc2ncc(C(F)(F)F)cc2Cl)c(Cl)c1. The zero-order valence-corrected chi connectivity index (χ0v) is 34.2. The van der Waals surface area contributed by atoms with Crippen LogP contribution in [0, 0.1) is 15.3 Å². The van der Waals surface area contributed by atoms with E-state index in [1.54, 1.807) is 25.4 Å². The predicted octanol–water partition coefficient (Wildman–Crippen LogP) is 10.6. The Hall–Kier alpha value is -4.01. The van der Waals surface area contributed by atoms with Gasteiger partial charge < -0.3 is 14.8 Å². The fraction of sp³-hybridized carbons (Fsp3) is 0.176. The Kier molecular flexibility index (Phi) is 15.1. The van der Waals surface area contributed by atoms with Gasteiger partial charge >= 0.3 is 12.2 Å². The van der Waals surface area contributed by atoms with Crippen molar-refractivity contribution in [3.8, 4) is 17.4 Å². The number of rotatable bonds is 9. The van der Waals surface area contributed by atoms with Crippen LogP contribution in [0.2, 0.25) is 20.1 Å². The smallest absolute Gasteiger partial charge is 0.417 e. The number of nitrogens with one attached hydrogen (secondary N) is 2. The monoisotopic (exact) mass is 992 g/mol.